The number of likely N-dealkylation sites (N-methyl/N-ethyl adjacent to an activating group) is 1. The number of aryl methyl sites for hydroxylation is 1. The highest BCUT2D eigenvalue weighted by Gasteiger charge is 2.22. The van der Waals surface area contributed by atoms with Crippen LogP contribution in [0, 0.1) is 5.92 Å². The molecule has 0 unspecified atom stereocenters. The number of amides is 2. The van der Waals surface area contributed by atoms with Gasteiger partial charge in [-0.3, -0.25) is 19.7 Å². The third-order valence-corrected chi connectivity index (χ3v) is 6.78. The predicted molar refractivity (Wildman–Crippen MR) is 165 cm³/mol. The Morgan fingerprint density at radius 3 is 2.51 bits per heavy atom. The SMILES string of the molecule is C1=Cc2ncsc2CC1.CCN(CC(C)C)C(=O)C(=O)Nc1cncc2cn[nH]c12.CN1CCCC1.CSC. The number of nitrogens with one attached hydrogen (secondary N) is 2. The van der Waals surface area contributed by atoms with Crippen molar-refractivity contribution in [3.8, 4) is 0 Å². The Bertz CT molecular complexity index is 1170. The molecule has 39 heavy (non-hydrogen) atoms. The first kappa shape index (κ1) is 32.5. The molecular formula is C28H43N7O2S2. The van der Waals surface area contributed by atoms with Gasteiger partial charge in [0.25, 0.3) is 0 Å². The minimum atomic E-state index is -0.665. The molecule has 3 aromatic rings. The minimum absolute atomic E-state index is 0.305. The molecule has 1 aliphatic carbocycles. The first-order valence-electron chi connectivity index (χ1n) is 13.4. The molecule has 1 aliphatic heterocycles. The van der Waals surface area contributed by atoms with Crippen molar-refractivity contribution in [2.75, 3.05) is 51.1 Å². The molecule has 5 rings (SSSR count). The average Bonchev–Trinajstić information content (AvgIpc) is 3.70. The van der Waals surface area contributed by atoms with E-state index in [0.29, 0.717) is 30.2 Å². The molecule has 1 fully saturated rings. The fraction of sp³-hybridized carbons (Fsp3) is 0.536. The Morgan fingerprint density at radius 1 is 1.21 bits per heavy atom. The number of thiazole rings is 1. The second kappa shape index (κ2) is 17.8. The lowest BCUT2D eigenvalue weighted by molar-refractivity contribution is -0.143. The summed E-state index contributed by atoms with van der Waals surface area (Å²) in [5, 5.41) is 10.0. The molecule has 0 aromatic carbocycles. The van der Waals surface area contributed by atoms with Crippen molar-refractivity contribution < 1.29 is 9.59 Å². The van der Waals surface area contributed by atoms with Gasteiger partial charge in [0, 0.05) is 29.5 Å². The number of carbonyl (C=O) groups excluding carboxylic acids is 2. The predicted octanol–water partition coefficient (Wildman–Crippen LogP) is 5.19. The van der Waals surface area contributed by atoms with Crippen LogP contribution in [0.4, 0.5) is 5.69 Å². The maximum Gasteiger partial charge on any atom is 0.314 e. The summed E-state index contributed by atoms with van der Waals surface area (Å²) in [7, 11) is 2.17. The lowest BCUT2D eigenvalue weighted by Crippen LogP contribution is -2.41. The van der Waals surface area contributed by atoms with Gasteiger partial charge in [0.15, 0.2) is 0 Å². The van der Waals surface area contributed by atoms with E-state index in [9.17, 15) is 9.59 Å². The molecule has 4 heterocycles. The molecule has 11 heteroatoms. The van der Waals surface area contributed by atoms with E-state index in [1.807, 2.05) is 38.8 Å². The fourth-order valence-electron chi connectivity index (χ4n) is 3.96. The number of anilines is 1. The van der Waals surface area contributed by atoms with Crippen molar-refractivity contribution in [2.24, 2.45) is 5.92 Å². The first-order valence-corrected chi connectivity index (χ1v) is 15.9. The number of rotatable bonds is 4. The van der Waals surface area contributed by atoms with Gasteiger partial charge in [-0.15, -0.1) is 11.3 Å². The van der Waals surface area contributed by atoms with Crippen molar-refractivity contribution in [1.29, 1.82) is 0 Å². The normalized spacial score (nSPS) is 13.8. The highest BCUT2D eigenvalue weighted by molar-refractivity contribution is 7.97. The molecule has 0 atom stereocenters. The summed E-state index contributed by atoms with van der Waals surface area (Å²) in [5.74, 6) is -0.900. The maximum atomic E-state index is 12.2. The molecule has 0 saturated carbocycles. The summed E-state index contributed by atoms with van der Waals surface area (Å²) in [6.07, 6.45) is 18.3. The summed E-state index contributed by atoms with van der Waals surface area (Å²) in [6.45, 7) is 9.54. The van der Waals surface area contributed by atoms with E-state index in [-0.39, 0.29) is 0 Å². The van der Waals surface area contributed by atoms with Gasteiger partial charge in [-0.05, 0) is 77.2 Å². The average molecular weight is 574 g/mol. The lowest BCUT2D eigenvalue weighted by atomic mass is 10.1. The van der Waals surface area contributed by atoms with Gasteiger partial charge in [-0.1, -0.05) is 19.9 Å². The zero-order valence-electron chi connectivity index (χ0n) is 24.1. The van der Waals surface area contributed by atoms with Gasteiger partial charge in [0.1, 0.15) is 0 Å². The molecule has 2 N–H and O–H groups in total. The summed E-state index contributed by atoms with van der Waals surface area (Å²) in [6, 6.07) is 0. The number of pyridine rings is 1. The van der Waals surface area contributed by atoms with E-state index in [1.54, 1.807) is 35.5 Å². The van der Waals surface area contributed by atoms with E-state index in [0.717, 1.165) is 5.39 Å². The smallest absolute Gasteiger partial charge is 0.314 e. The van der Waals surface area contributed by atoms with Gasteiger partial charge in [-0.2, -0.15) is 16.9 Å². The molecule has 0 bridgehead atoms. The molecular weight excluding hydrogens is 530 g/mol. The standard InChI is InChI=1S/C14H19N5O2.C7H7NS.C5H11N.C2H6S/c1-4-19(8-9(2)3)14(21)13(20)17-11-7-15-5-10-6-16-18-12(10)11;1-2-4-7-6(3-1)8-5-9-7;1-6-4-2-3-5-6;1-3-2/h5-7,9H,4,8H2,1-3H3,(H,16,18)(H,17,20);1,3,5H,2,4H2;2-5H2,1H3;1-2H3. The van der Waals surface area contributed by atoms with Gasteiger partial charge >= 0.3 is 11.8 Å². The van der Waals surface area contributed by atoms with Crippen LogP contribution < -0.4 is 5.32 Å². The Morgan fingerprint density at radius 2 is 1.92 bits per heavy atom. The summed E-state index contributed by atoms with van der Waals surface area (Å²) >= 11 is 3.51. The third-order valence-electron chi connectivity index (χ3n) is 5.87. The molecule has 2 aliphatic rings. The zero-order chi connectivity index (χ0) is 28.6. The van der Waals surface area contributed by atoms with Crippen LogP contribution in [-0.4, -0.2) is 87.5 Å². The Hall–Kier alpha value is -2.76. The number of thioether (sulfide) groups is 1. The highest BCUT2D eigenvalue weighted by Crippen LogP contribution is 2.21. The van der Waals surface area contributed by atoms with Crippen molar-refractivity contribution in [2.45, 2.75) is 46.5 Å². The number of likely N-dealkylation sites (tertiary alicyclic amines) is 1. The van der Waals surface area contributed by atoms with Crippen LogP contribution in [0.2, 0.25) is 0 Å². The van der Waals surface area contributed by atoms with Crippen molar-refractivity contribution in [3.05, 3.63) is 40.7 Å². The number of aromatic nitrogens is 4. The molecule has 2 amide bonds. The van der Waals surface area contributed by atoms with E-state index in [2.05, 4.69) is 49.6 Å². The Labute approximate surface area is 240 Å². The van der Waals surface area contributed by atoms with Crippen LogP contribution in [0.1, 0.15) is 50.6 Å². The van der Waals surface area contributed by atoms with Gasteiger partial charge in [0.05, 0.1) is 34.8 Å². The van der Waals surface area contributed by atoms with Crippen LogP contribution in [0.15, 0.2) is 30.2 Å². The lowest BCUT2D eigenvalue weighted by Gasteiger charge is -2.22. The van der Waals surface area contributed by atoms with Crippen LogP contribution in [-0.2, 0) is 16.0 Å². The van der Waals surface area contributed by atoms with E-state index >= 15 is 0 Å². The molecule has 0 spiro atoms. The topological polar surface area (TPSA) is 107 Å². The summed E-state index contributed by atoms with van der Waals surface area (Å²) in [4.78, 5) is 37.8. The maximum absolute atomic E-state index is 12.2. The van der Waals surface area contributed by atoms with Gasteiger partial charge in [0.2, 0.25) is 0 Å². The monoisotopic (exact) mass is 573 g/mol. The number of aromatic amines is 1. The van der Waals surface area contributed by atoms with Crippen molar-refractivity contribution >= 4 is 57.6 Å². The number of fused-ring (bicyclic) bond motifs is 2. The Kier molecular flexibility index (Phi) is 14.8. The van der Waals surface area contributed by atoms with Crippen LogP contribution in [0.25, 0.3) is 17.0 Å². The van der Waals surface area contributed by atoms with Crippen LogP contribution in [0.3, 0.4) is 0 Å². The molecule has 3 aromatic heterocycles. The summed E-state index contributed by atoms with van der Waals surface area (Å²) < 4.78 is 0. The van der Waals surface area contributed by atoms with E-state index in [1.165, 1.54) is 60.4 Å². The van der Waals surface area contributed by atoms with Gasteiger partial charge < -0.3 is 15.1 Å². The fourth-order valence-corrected chi connectivity index (χ4v) is 4.73. The number of allylic oxidation sites excluding steroid dienone is 1. The van der Waals surface area contributed by atoms with E-state index < -0.39 is 11.8 Å². The third kappa shape index (κ3) is 11.1. The second-order valence-electron chi connectivity index (χ2n) is 9.73. The largest absolute Gasteiger partial charge is 0.334 e. The summed E-state index contributed by atoms with van der Waals surface area (Å²) in [5.41, 5.74) is 4.20. The molecule has 1 saturated heterocycles. The van der Waals surface area contributed by atoms with Crippen molar-refractivity contribution in [3.63, 3.8) is 0 Å². The second-order valence-corrected chi connectivity index (χ2v) is 11.5. The minimum Gasteiger partial charge on any atom is -0.334 e. The molecule has 0 radical (unpaired) electrons. The van der Waals surface area contributed by atoms with Crippen LogP contribution in [0.5, 0.6) is 0 Å². The molecule has 9 nitrogen and oxygen atoms in total. The van der Waals surface area contributed by atoms with E-state index in [4.69, 9.17) is 0 Å². The first-order chi connectivity index (χ1) is 18.8. The zero-order valence-corrected chi connectivity index (χ0v) is 25.7. The van der Waals surface area contributed by atoms with Gasteiger partial charge in [-0.25, -0.2) is 4.98 Å². The number of hydrogen-bond donors (Lipinski definition) is 2. The number of carbonyl (C=O) groups is 2. The Balaban J connectivity index is 0.000000239. The highest BCUT2D eigenvalue weighted by atomic mass is 32.2. The number of H-pyrrole nitrogens is 1. The molecule has 214 valence electrons. The van der Waals surface area contributed by atoms with Crippen molar-refractivity contribution in [1.82, 2.24) is 30.0 Å². The van der Waals surface area contributed by atoms with Crippen LogP contribution >= 0.6 is 23.1 Å². The quantitative estimate of drug-likeness (QED) is 0.414. The number of nitrogens with zero attached hydrogens (tertiary/aromatic N) is 5. The number of hydrogen-bond acceptors (Lipinski definition) is 8.